The number of aromatic nitrogens is 2. The lowest BCUT2D eigenvalue weighted by Gasteiger charge is -2.32. The van der Waals surface area contributed by atoms with Crippen LogP contribution >= 0.6 is 0 Å². The molecule has 6 nitrogen and oxygen atoms in total. The molecule has 1 fully saturated rings. The molecule has 142 valence electrons. The number of piperidine rings is 1. The van der Waals surface area contributed by atoms with Crippen molar-refractivity contribution in [3.05, 3.63) is 70.1 Å². The molecule has 0 saturated carbocycles. The summed E-state index contributed by atoms with van der Waals surface area (Å²) in [5.74, 6) is 0.147. The van der Waals surface area contributed by atoms with Crippen LogP contribution in [0.2, 0.25) is 0 Å². The number of aromatic amines is 1. The van der Waals surface area contributed by atoms with Crippen molar-refractivity contribution in [3.8, 4) is 6.07 Å². The highest BCUT2D eigenvalue weighted by molar-refractivity contribution is 5.77. The van der Waals surface area contributed by atoms with Gasteiger partial charge in [-0.1, -0.05) is 24.3 Å². The third-order valence-electron chi connectivity index (χ3n) is 5.52. The molecule has 0 atom stereocenters. The average molecular weight is 374 g/mol. The van der Waals surface area contributed by atoms with E-state index in [4.69, 9.17) is 5.26 Å². The lowest BCUT2D eigenvalue weighted by molar-refractivity contribution is -0.132. The van der Waals surface area contributed by atoms with E-state index in [1.54, 1.807) is 12.1 Å². The zero-order chi connectivity index (χ0) is 19.5. The largest absolute Gasteiger partial charge is 0.343 e. The van der Waals surface area contributed by atoms with E-state index in [1.807, 2.05) is 45.9 Å². The number of para-hydroxylation sites is 2. The average Bonchev–Trinajstić information content (AvgIpc) is 3.08. The minimum Gasteiger partial charge on any atom is -0.343 e. The normalized spacial score (nSPS) is 14.9. The molecule has 0 radical (unpaired) electrons. The fourth-order valence-electron chi connectivity index (χ4n) is 3.97. The quantitative estimate of drug-likeness (QED) is 0.762. The monoisotopic (exact) mass is 374 g/mol. The van der Waals surface area contributed by atoms with Crippen molar-refractivity contribution in [1.29, 1.82) is 5.26 Å². The highest BCUT2D eigenvalue weighted by Gasteiger charge is 2.25. The van der Waals surface area contributed by atoms with Crippen molar-refractivity contribution in [2.75, 3.05) is 13.1 Å². The van der Waals surface area contributed by atoms with Gasteiger partial charge in [-0.25, -0.2) is 4.79 Å². The van der Waals surface area contributed by atoms with E-state index in [-0.39, 0.29) is 17.6 Å². The molecule has 0 aliphatic carbocycles. The van der Waals surface area contributed by atoms with Crippen LogP contribution in [0.5, 0.6) is 0 Å². The highest BCUT2D eigenvalue weighted by atomic mass is 16.2. The highest BCUT2D eigenvalue weighted by Crippen LogP contribution is 2.25. The van der Waals surface area contributed by atoms with E-state index < -0.39 is 0 Å². The Morgan fingerprint density at radius 2 is 1.82 bits per heavy atom. The summed E-state index contributed by atoms with van der Waals surface area (Å²) < 4.78 is 1.84. The fourth-order valence-corrected chi connectivity index (χ4v) is 3.97. The number of carbonyl (C=O) groups is 1. The van der Waals surface area contributed by atoms with Gasteiger partial charge in [0.05, 0.1) is 22.7 Å². The number of amides is 1. The molecular formula is C22H22N4O2. The Morgan fingerprint density at radius 3 is 2.54 bits per heavy atom. The summed E-state index contributed by atoms with van der Waals surface area (Å²) in [5, 5.41) is 8.85. The molecule has 6 heteroatoms. The van der Waals surface area contributed by atoms with Gasteiger partial charge in [-0.05, 0) is 49.1 Å². The fraction of sp³-hybridized carbons (Fsp3) is 0.318. The number of aryl methyl sites for hydroxylation is 1. The van der Waals surface area contributed by atoms with Gasteiger partial charge in [0, 0.05) is 25.6 Å². The third-order valence-corrected chi connectivity index (χ3v) is 5.52. The van der Waals surface area contributed by atoms with Gasteiger partial charge in [-0.3, -0.25) is 9.36 Å². The Balaban J connectivity index is 1.35. The number of H-pyrrole nitrogens is 1. The van der Waals surface area contributed by atoms with E-state index in [0.717, 1.165) is 29.4 Å². The molecular weight excluding hydrogens is 352 g/mol. The van der Waals surface area contributed by atoms with Crippen LogP contribution in [0.25, 0.3) is 11.0 Å². The first-order valence-electron chi connectivity index (χ1n) is 9.62. The molecule has 0 bridgehead atoms. The van der Waals surface area contributed by atoms with Gasteiger partial charge < -0.3 is 9.88 Å². The third kappa shape index (κ3) is 3.56. The maximum atomic E-state index is 12.6. The first kappa shape index (κ1) is 18.1. The maximum Gasteiger partial charge on any atom is 0.326 e. The number of nitrogens with one attached hydrogen (secondary N) is 1. The van der Waals surface area contributed by atoms with Crippen molar-refractivity contribution in [1.82, 2.24) is 14.5 Å². The number of rotatable bonds is 4. The van der Waals surface area contributed by atoms with Gasteiger partial charge in [-0.15, -0.1) is 0 Å². The maximum absolute atomic E-state index is 12.6. The van der Waals surface area contributed by atoms with Gasteiger partial charge in [0.1, 0.15) is 0 Å². The Morgan fingerprint density at radius 1 is 1.11 bits per heavy atom. The Hall–Kier alpha value is -3.33. The molecule has 1 aliphatic rings. The predicted molar refractivity (Wildman–Crippen MR) is 107 cm³/mol. The second-order valence-corrected chi connectivity index (χ2v) is 7.24. The molecule has 1 aromatic heterocycles. The number of benzene rings is 2. The molecule has 28 heavy (non-hydrogen) atoms. The number of nitriles is 1. The van der Waals surface area contributed by atoms with Crippen LogP contribution in [0.3, 0.4) is 0 Å². The number of likely N-dealkylation sites (tertiary alicyclic amines) is 1. The summed E-state index contributed by atoms with van der Waals surface area (Å²) in [6, 6.07) is 17.3. The van der Waals surface area contributed by atoms with Crippen LogP contribution < -0.4 is 5.69 Å². The van der Waals surface area contributed by atoms with E-state index in [0.29, 0.717) is 31.5 Å². The first-order valence-corrected chi connectivity index (χ1v) is 9.62. The van der Waals surface area contributed by atoms with Crippen LogP contribution in [0, 0.1) is 11.3 Å². The number of carbonyl (C=O) groups excluding carboxylic acids is 1. The molecule has 1 saturated heterocycles. The van der Waals surface area contributed by atoms with Gasteiger partial charge in [0.15, 0.2) is 0 Å². The number of nitrogens with zero attached hydrogens (tertiary/aromatic N) is 3. The second-order valence-electron chi connectivity index (χ2n) is 7.24. The van der Waals surface area contributed by atoms with Gasteiger partial charge in [0.2, 0.25) is 5.91 Å². The summed E-state index contributed by atoms with van der Waals surface area (Å²) in [6.07, 6.45) is 2.70. The minimum absolute atomic E-state index is 0.0770. The molecule has 1 aliphatic heterocycles. The lowest BCUT2D eigenvalue weighted by Crippen LogP contribution is -2.40. The van der Waals surface area contributed by atoms with Crippen LogP contribution in [0.15, 0.2) is 53.3 Å². The van der Waals surface area contributed by atoms with Crippen LogP contribution in [-0.2, 0) is 11.2 Å². The topological polar surface area (TPSA) is 81.9 Å². The predicted octanol–water partition coefficient (Wildman–Crippen LogP) is 3.00. The molecule has 3 aromatic rings. The lowest BCUT2D eigenvalue weighted by atomic mass is 10.0. The number of hydrogen-bond acceptors (Lipinski definition) is 3. The SMILES string of the molecule is N#Cc1ccc(CCC(=O)N2CCC(n3c(=O)[nH]c4ccccc43)CC2)cc1. The van der Waals surface area contributed by atoms with Crippen molar-refractivity contribution < 1.29 is 4.79 Å². The van der Waals surface area contributed by atoms with Gasteiger partial charge in [0.25, 0.3) is 0 Å². The van der Waals surface area contributed by atoms with Crippen molar-refractivity contribution in [2.45, 2.75) is 31.7 Å². The van der Waals surface area contributed by atoms with Crippen molar-refractivity contribution in [3.63, 3.8) is 0 Å². The summed E-state index contributed by atoms with van der Waals surface area (Å²) in [4.78, 5) is 29.7. The number of fused-ring (bicyclic) bond motifs is 1. The van der Waals surface area contributed by atoms with E-state index in [2.05, 4.69) is 11.1 Å². The zero-order valence-electron chi connectivity index (χ0n) is 15.6. The zero-order valence-corrected chi connectivity index (χ0v) is 15.6. The van der Waals surface area contributed by atoms with E-state index >= 15 is 0 Å². The van der Waals surface area contributed by atoms with E-state index in [9.17, 15) is 9.59 Å². The summed E-state index contributed by atoms with van der Waals surface area (Å²) in [7, 11) is 0. The molecule has 0 unspecified atom stereocenters. The molecule has 2 aromatic carbocycles. The number of hydrogen-bond donors (Lipinski definition) is 1. The van der Waals surface area contributed by atoms with E-state index in [1.165, 1.54) is 0 Å². The molecule has 4 rings (SSSR count). The Bertz CT molecular complexity index is 1080. The summed E-state index contributed by atoms with van der Waals surface area (Å²) in [6.45, 7) is 1.34. The van der Waals surface area contributed by atoms with Crippen LogP contribution in [0.1, 0.15) is 36.4 Å². The molecule has 1 amide bonds. The van der Waals surface area contributed by atoms with Crippen LogP contribution in [0.4, 0.5) is 0 Å². The smallest absolute Gasteiger partial charge is 0.326 e. The summed E-state index contributed by atoms with van der Waals surface area (Å²) >= 11 is 0. The Labute approximate surface area is 163 Å². The van der Waals surface area contributed by atoms with Crippen molar-refractivity contribution >= 4 is 16.9 Å². The second kappa shape index (κ2) is 7.73. The van der Waals surface area contributed by atoms with Crippen LogP contribution in [-0.4, -0.2) is 33.4 Å². The standard InChI is InChI=1S/C22H22N4O2/c23-15-17-7-5-16(6-8-17)9-10-21(27)25-13-11-18(12-14-25)26-20-4-2-1-3-19(20)24-22(26)28/h1-8,18H,9-14H2,(H,24,28). The van der Waals surface area contributed by atoms with Gasteiger partial charge >= 0.3 is 5.69 Å². The summed E-state index contributed by atoms with van der Waals surface area (Å²) in [5.41, 5.74) is 3.40. The molecule has 1 N–H and O–H groups in total. The molecule has 0 spiro atoms. The Kier molecular flexibility index (Phi) is 4.98. The molecule has 2 heterocycles. The van der Waals surface area contributed by atoms with Gasteiger partial charge in [-0.2, -0.15) is 5.26 Å². The number of imidazole rings is 1. The minimum atomic E-state index is -0.0770. The van der Waals surface area contributed by atoms with Crippen molar-refractivity contribution in [2.24, 2.45) is 0 Å². The first-order chi connectivity index (χ1) is 13.7.